The van der Waals surface area contributed by atoms with E-state index in [-0.39, 0.29) is 10.5 Å². The fraction of sp³-hybridized carbons (Fsp3) is 0.900. The number of thioether (sulfide) groups is 2. The van der Waals surface area contributed by atoms with Crippen molar-refractivity contribution in [2.24, 2.45) is 5.73 Å². The molecular formula is C10H21NOS2. The molecule has 0 atom stereocenters. The van der Waals surface area contributed by atoms with Crippen molar-refractivity contribution in [1.29, 1.82) is 0 Å². The van der Waals surface area contributed by atoms with Crippen LogP contribution in [0, 0.1) is 0 Å². The summed E-state index contributed by atoms with van der Waals surface area (Å²) in [6.45, 7) is 4.31. The van der Waals surface area contributed by atoms with Gasteiger partial charge in [0.1, 0.15) is 4.58 Å². The standard InChI is InChI=1S/C10H21NOS2/c1-3-5-7-13-10(9(11)12)14-8-6-4-2/h10H,3-8H2,1-2H3,(H2,11,12). The highest BCUT2D eigenvalue weighted by Gasteiger charge is 2.14. The third kappa shape index (κ3) is 7.56. The Labute approximate surface area is 95.8 Å². The van der Waals surface area contributed by atoms with E-state index < -0.39 is 0 Å². The zero-order valence-electron chi connectivity index (χ0n) is 9.12. The molecule has 0 saturated carbocycles. The SMILES string of the molecule is CCCCSC(SCCCC)C(N)=O. The molecule has 0 aromatic heterocycles. The molecule has 4 heteroatoms. The van der Waals surface area contributed by atoms with Crippen LogP contribution in [-0.4, -0.2) is 22.0 Å². The molecule has 0 rings (SSSR count). The van der Waals surface area contributed by atoms with E-state index in [4.69, 9.17) is 5.73 Å². The third-order valence-corrected chi connectivity index (χ3v) is 4.70. The predicted molar refractivity (Wildman–Crippen MR) is 67.7 cm³/mol. The fourth-order valence-electron chi connectivity index (χ4n) is 0.882. The molecule has 0 aliphatic carbocycles. The quantitative estimate of drug-likeness (QED) is 0.493. The van der Waals surface area contributed by atoms with Crippen LogP contribution in [0.3, 0.4) is 0 Å². The molecule has 0 aromatic rings. The van der Waals surface area contributed by atoms with Crippen molar-refractivity contribution < 1.29 is 4.79 Å². The van der Waals surface area contributed by atoms with Gasteiger partial charge in [0.2, 0.25) is 5.91 Å². The van der Waals surface area contributed by atoms with Crippen LogP contribution in [0.15, 0.2) is 0 Å². The van der Waals surface area contributed by atoms with Gasteiger partial charge in [0, 0.05) is 0 Å². The molecule has 0 aliphatic heterocycles. The molecule has 0 fully saturated rings. The van der Waals surface area contributed by atoms with Crippen LogP contribution in [0.4, 0.5) is 0 Å². The summed E-state index contributed by atoms with van der Waals surface area (Å²) in [5.74, 6) is 1.92. The zero-order valence-corrected chi connectivity index (χ0v) is 10.8. The lowest BCUT2D eigenvalue weighted by molar-refractivity contribution is -0.116. The van der Waals surface area contributed by atoms with Crippen LogP contribution >= 0.6 is 23.5 Å². The number of hydrogen-bond acceptors (Lipinski definition) is 3. The predicted octanol–water partition coefficient (Wildman–Crippen LogP) is 2.86. The molecule has 0 radical (unpaired) electrons. The summed E-state index contributed by atoms with van der Waals surface area (Å²) in [4.78, 5) is 11.1. The van der Waals surface area contributed by atoms with Crippen molar-refractivity contribution in [3.63, 3.8) is 0 Å². The molecule has 1 amide bonds. The topological polar surface area (TPSA) is 43.1 Å². The number of carbonyl (C=O) groups excluding carboxylic acids is 1. The van der Waals surface area contributed by atoms with Crippen molar-refractivity contribution in [3.05, 3.63) is 0 Å². The number of unbranched alkanes of at least 4 members (excludes halogenated alkanes) is 2. The highest BCUT2D eigenvalue weighted by molar-refractivity contribution is 8.18. The van der Waals surface area contributed by atoms with Gasteiger partial charge in [-0.25, -0.2) is 0 Å². The molecule has 0 unspecified atom stereocenters. The molecule has 0 heterocycles. The Kier molecular flexibility index (Phi) is 9.83. The maximum absolute atomic E-state index is 11.1. The second kappa shape index (κ2) is 9.71. The minimum Gasteiger partial charge on any atom is -0.368 e. The van der Waals surface area contributed by atoms with E-state index in [0.717, 1.165) is 11.5 Å². The van der Waals surface area contributed by atoms with E-state index in [1.807, 2.05) is 0 Å². The van der Waals surface area contributed by atoms with Gasteiger partial charge in [0.05, 0.1) is 0 Å². The van der Waals surface area contributed by atoms with Gasteiger partial charge < -0.3 is 5.73 Å². The van der Waals surface area contributed by atoms with Crippen molar-refractivity contribution in [2.75, 3.05) is 11.5 Å². The Hall–Kier alpha value is 0.170. The Morgan fingerprint density at radius 1 is 1.14 bits per heavy atom. The first-order valence-electron chi connectivity index (χ1n) is 5.24. The number of rotatable bonds is 9. The van der Waals surface area contributed by atoms with Crippen LogP contribution < -0.4 is 5.73 Å². The summed E-state index contributed by atoms with van der Waals surface area (Å²) in [6, 6.07) is 0. The van der Waals surface area contributed by atoms with Crippen LogP contribution in [-0.2, 0) is 4.79 Å². The van der Waals surface area contributed by atoms with Gasteiger partial charge >= 0.3 is 0 Å². The number of hydrogen-bond donors (Lipinski definition) is 1. The largest absolute Gasteiger partial charge is 0.368 e. The van der Waals surface area contributed by atoms with E-state index in [2.05, 4.69) is 13.8 Å². The van der Waals surface area contributed by atoms with Crippen molar-refractivity contribution in [1.82, 2.24) is 0 Å². The van der Waals surface area contributed by atoms with Gasteiger partial charge in [0.25, 0.3) is 0 Å². The summed E-state index contributed by atoms with van der Waals surface area (Å²) in [7, 11) is 0. The first kappa shape index (κ1) is 14.2. The van der Waals surface area contributed by atoms with Gasteiger partial charge in [-0.1, -0.05) is 26.7 Å². The summed E-state index contributed by atoms with van der Waals surface area (Å²) < 4.78 is -0.0342. The zero-order chi connectivity index (χ0) is 10.8. The Morgan fingerprint density at radius 2 is 1.57 bits per heavy atom. The lowest BCUT2D eigenvalue weighted by Crippen LogP contribution is -2.23. The van der Waals surface area contributed by atoms with Crippen molar-refractivity contribution in [3.8, 4) is 0 Å². The Morgan fingerprint density at radius 3 is 1.86 bits per heavy atom. The summed E-state index contributed by atoms with van der Waals surface area (Å²) in [6.07, 6.45) is 4.70. The molecule has 2 N–H and O–H groups in total. The fourth-order valence-corrected chi connectivity index (χ4v) is 3.51. The number of primary amides is 1. The minimum atomic E-state index is -0.174. The highest BCUT2D eigenvalue weighted by atomic mass is 32.2. The summed E-state index contributed by atoms with van der Waals surface area (Å²) >= 11 is 3.39. The summed E-state index contributed by atoms with van der Waals surface area (Å²) in [5.41, 5.74) is 5.32. The van der Waals surface area contributed by atoms with Crippen LogP contribution in [0.2, 0.25) is 0 Å². The Balaban J connectivity index is 3.61. The molecule has 0 saturated heterocycles. The van der Waals surface area contributed by atoms with Gasteiger partial charge in [-0.3, -0.25) is 4.79 Å². The maximum atomic E-state index is 11.1. The molecule has 0 aliphatic rings. The first-order chi connectivity index (χ1) is 6.72. The third-order valence-electron chi connectivity index (χ3n) is 1.77. The molecule has 14 heavy (non-hydrogen) atoms. The van der Waals surface area contributed by atoms with Gasteiger partial charge in [-0.15, -0.1) is 23.5 Å². The molecule has 2 nitrogen and oxygen atoms in total. The van der Waals surface area contributed by atoms with Crippen molar-refractivity contribution >= 4 is 29.4 Å². The summed E-state index contributed by atoms with van der Waals surface area (Å²) in [5, 5.41) is 0. The second-order valence-electron chi connectivity index (χ2n) is 3.18. The monoisotopic (exact) mass is 235 g/mol. The highest BCUT2D eigenvalue weighted by Crippen LogP contribution is 2.25. The van der Waals surface area contributed by atoms with Gasteiger partial charge in [-0.05, 0) is 24.3 Å². The number of amides is 1. The molecule has 0 bridgehead atoms. The molecule has 0 spiro atoms. The van der Waals surface area contributed by atoms with E-state index in [1.54, 1.807) is 23.5 Å². The second-order valence-corrected chi connectivity index (χ2v) is 5.91. The van der Waals surface area contributed by atoms with Crippen LogP contribution in [0.25, 0.3) is 0 Å². The van der Waals surface area contributed by atoms with Crippen LogP contribution in [0.1, 0.15) is 39.5 Å². The first-order valence-corrected chi connectivity index (χ1v) is 7.34. The van der Waals surface area contributed by atoms with Gasteiger partial charge in [0.15, 0.2) is 0 Å². The Bertz CT molecular complexity index is 143. The normalized spacial score (nSPS) is 10.8. The molecule has 84 valence electrons. The van der Waals surface area contributed by atoms with Crippen LogP contribution in [0.5, 0.6) is 0 Å². The van der Waals surface area contributed by atoms with Crippen molar-refractivity contribution in [2.45, 2.75) is 44.1 Å². The average Bonchev–Trinajstić information content (AvgIpc) is 2.15. The van der Waals surface area contributed by atoms with E-state index in [0.29, 0.717) is 0 Å². The molecule has 0 aromatic carbocycles. The molecular weight excluding hydrogens is 214 g/mol. The number of nitrogens with two attached hydrogens (primary N) is 1. The van der Waals surface area contributed by atoms with E-state index in [9.17, 15) is 4.79 Å². The smallest absolute Gasteiger partial charge is 0.240 e. The van der Waals surface area contributed by atoms with E-state index >= 15 is 0 Å². The maximum Gasteiger partial charge on any atom is 0.240 e. The van der Waals surface area contributed by atoms with E-state index in [1.165, 1.54) is 25.7 Å². The lowest BCUT2D eigenvalue weighted by atomic mass is 10.4. The lowest BCUT2D eigenvalue weighted by Gasteiger charge is -2.11. The van der Waals surface area contributed by atoms with Gasteiger partial charge in [-0.2, -0.15) is 0 Å². The minimum absolute atomic E-state index is 0.0342. The average molecular weight is 235 g/mol. The number of carbonyl (C=O) groups is 1.